The molecule has 1 aliphatic carbocycles. The van der Waals surface area contributed by atoms with E-state index in [4.69, 9.17) is 5.73 Å². The van der Waals surface area contributed by atoms with Crippen molar-refractivity contribution in [3.8, 4) is 0 Å². The Hall–Kier alpha value is -1.16. The lowest BCUT2D eigenvalue weighted by Crippen LogP contribution is -2.47. The Kier molecular flexibility index (Phi) is 1.92. The second kappa shape index (κ2) is 2.96. The lowest BCUT2D eigenvalue weighted by Gasteiger charge is -2.25. The third kappa shape index (κ3) is 1.27. The van der Waals surface area contributed by atoms with Crippen LogP contribution >= 0.6 is 0 Å². The van der Waals surface area contributed by atoms with Gasteiger partial charge in [-0.1, -0.05) is 0 Å². The van der Waals surface area contributed by atoms with Crippen LogP contribution in [0.15, 0.2) is 12.2 Å². The molecular formula is C9H12N2O2. The van der Waals surface area contributed by atoms with E-state index in [1.807, 2.05) is 0 Å². The van der Waals surface area contributed by atoms with Gasteiger partial charge < -0.3 is 5.73 Å². The number of nitrogens with zero attached hydrogens (tertiary/aromatic N) is 1. The third-order valence-corrected chi connectivity index (χ3v) is 2.71. The standard InChI is InChI=1S/C9H12N2O2/c10-6-2-1-3-7(6)11-8(12)4-5-9(11)13/h4-7H,1-3,10H2. The molecule has 1 saturated carbocycles. The van der Waals surface area contributed by atoms with Crippen molar-refractivity contribution < 1.29 is 9.59 Å². The molecule has 0 bridgehead atoms. The second-order valence-corrected chi connectivity index (χ2v) is 3.54. The maximum atomic E-state index is 11.3. The Morgan fingerprint density at radius 3 is 2.31 bits per heavy atom. The molecule has 0 spiro atoms. The summed E-state index contributed by atoms with van der Waals surface area (Å²) in [6.07, 6.45) is 5.38. The first-order valence-corrected chi connectivity index (χ1v) is 4.51. The smallest absolute Gasteiger partial charge is 0.253 e. The Labute approximate surface area is 76.4 Å². The van der Waals surface area contributed by atoms with Crippen molar-refractivity contribution in [3.63, 3.8) is 0 Å². The van der Waals surface area contributed by atoms with E-state index in [-0.39, 0.29) is 23.9 Å². The number of carbonyl (C=O) groups is 2. The summed E-state index contributed by atoms with van der Waals surface area (Å²) in [7, 11) is 0. The van der Waals surface area contributed by atoms with Crippen LogP contribution < -0.4 is 5.73 Å². The summed E-state index contributed by atoms with van der Waals surface area (Å²) in [5.41, 5.74) is 5.81. The molecule has 2 aliphatic rings. The van der Waals surface area contributed by atoms with Gasteiger partial charge in [0.1, 0.15) is 0 Å². The van der Waals surface area contributed by atoms with E-state index >= 15 is 0 Å². The fraction of sp³-hybridized carbons (Fsp3) is 0.556. The molecule has 4 nitrogen and oxygen atoms in total. The molecule has 1 aliphatic heterocycles. The molecule has 0 aromatic carbocycles. The van der Waals surface area contributed by atoms with E-state index in [1.165, 1.54) is 17.1 Å². The molecule has 2 atom stereocenters. The van der Waals surface area contributed by atoms with Gasteiger partial charge in [-0.2, -0.15) is 0 Å². The fourth-order valence-electron chi connectivity index (χ4n) is 2.03. The van der Waals surface area contributed by atoms with Crippen LogP contribution in [0.5, 0.6) is 0 Å². The highest BCUT2D eigenvalue weighted by Gasteiger charge is 2.37. The Morgan fingerprint density at radius 1 is 1.23 bits per heavy atom. The molecule has 1 heterocycles. The van der Waals surface area contributed by atoms with Crippen LogP contribution in [0.25, 0.3) is 0 Å². The van der Waals surface area contributed by atoms with Gasteiger partial charge in [-0.25, -0.2) is 0 Å². The normalized spacial score (nSPS) is 33.5. The van der Waals surface area contributed by atoms with E-state index in [0.717, 1.165) is 19.3 Å². The van der Waals surface area contributed by atoms with Crippen molar-refractivity contribution in [1.29, 1.82) is 0 Å². The number of nitrogens with two attached hydrogens (primary N) is 1. The number of imide groups is 1. The van der Waals surface area contributed by atoms with Crippen LogP contribution in [0.4, 0.5) is 0 Å². The van der Waals surface area contributed by atoms with Crippen LogP contribution in [0.1, 0.15) is 19.3 Å². The average molecular weight is 180 g/mol. The van der Waals surface area contributed by atoms with Gasteiger partial charge in [0, 0.05) is 18.2 Å². The predicted molar refractivity (Wildman–Crippen MR) is 46.6 cm³/mol. The minimum absolute atomic E-state index is 0.0344. The Morgan fingerprint density at radius 2 is 1.85 bits per heavy atom. The molecular weight excluding hydrogens is 168 g/mol. The summed E-state index contributed by atoms with van der Waals surface area (Å²) in [5, 5.41) is 0. The number of carbonyl (C=O) groups excluding carboxylic acids is 2. The number of hydrogen-bond acceptors (Lipinski definition) is 3. The summed E-state index contributed by atoms with van der Waals surface area (Å²) in [4.78, 5) is 23.8. The van der Waals surface area contributed by atoms with Gasteiger partial charge in [-0.05, 0) is 19.3 Å². The van der Waals surface area contributed by atoms with Crippen LogP contribution in [0, 0.1) is 0 Å². The molecule has 2 rings (SSSR count). The van der Waals surface area contributed by atoms with Gasteiger partial charge in [0.15, 0.2) is 0 Å². The summed E-state index contributed by atoms with van der Waals surface area (Å²) < 4.78 is 0. The summed E-state index contributed by atoms with van der Waals surface area (Å²) in [6, 6.07) is -0.109. The van der Waals surface area contributed by atoms with Gasteiger partial charge in [0.05, 0.1) is 6.04 Å². The SMILES string of the molecule is NC1CCCC1N1C(=O)C=CC1=O. The van der Waals surface area contributed by atoms with Crippen molar-refractivity contribution in [2.24, 2.45) is 5.73 Å². The van der Waals surface area contributed by atoms with Crippen molar-refractivity contribution in [3.05, 3.63) is 12.2 Å². The van der Waals surface area contributed by atoms with Gasteiger partial charge in [-0.3, -0.25) is 14.5 Å². The quantitative estimate of drug-likeness (QED) is 0.568. The van der Waals surface area contributed by atoms with Crippen molar-refractivity contribution in [2.75, 3.05) is 0 Å². The zero-order valence-corrected chi connectivity index (χ0v) is 7.27. The molecule has 70 valence electrons. The molecule has 13 heavy (non-hydrogen) atoms. The Bertz CT molecular complexity index is 267. The highest BCUT2D eigenvalue weighted by atomic mass is 16.2. The first-order chi connectivity index (χ1) is 6.20. The monoisotopic (exact) mass is 180 g/mol. The lowest BCUT2D eigenvalue weighted by atomic mass is 10.1. The molecule has 0 aromatic heterocycles. The third-order valence-electron chi connectivity index (χ3n) is 2.71. The molecule has 1 fully saturated rings. The zero-order valence-electron chi connectivity index (χ0n) is 7.27. The molecule has 4 heteroatoms. The van der Waals surface area contributed by atoms with Crippen LogP contribution in [-0.4, -0.2) is 28.8 Å². The molecule has 2 unspecified atom stereocenters. The highest BCUT2D eigenvalue weighted by Crippen LogP contribution is 2.24. The maximum Gasteiger partial charge on any atom is 0.253 e. The minimum Gasteiger partial charge on any atom is -0.326 e. The van der Waals surface area contributed by atoms with E-state index < -0.39 is 0 Å². The molecule has 0 radical (unpaired) electrons. The van der Waals surface area contributed by atoms with Crippen molar-refractivity contribution in [2.45, 2.75) is 31.3 Å². The topological polar surface area (TPSA) is 63.4 Å². The first-order valence-electron chi connectivity index (χ1n) is 4.51. The van der Waals surface area contributed by atoms with Crippen molar-refractivity contribution >= 4 is 11.8 Å². The van der Waals surface area contributed by atoms with Gasteiger partial charge in [-0.15, -0.1) is 0 Å². The minimum atomic E-state index is -0.215. The average Bonchev–Trinajstić information content (AvgIpc) is 2.60. The molecule has 2 amide bonds. The van der Waals surface area contributed by atoms with E-state index in [9.17, 15) is 9.59 Å². The summed E-state index contributed by atoms with van der Waals surface area (Å²) >= 11 is 0. The number of rotatable bonds is 1. The van der Waals surface area contributed by atoms with Crippen LogP contribution in [0.2, 0.25) is 0 Å². The largest absolute Gasteiger partial charge is 0.326 e. The molecule has 0 aromatic rings. The van der Waals surface area contributed by atoms with E-state index in [2.05, 4.69) is 0 Å². The first kappa shape index (κ1) is 8.44. The maximum absolute atomic E-state index is 11.3. The fourth-order valence-corrected chi connectivity index (χ4v) is 2.03. The highest BCUT2D eigenvalue weighted by molar-refractivity contribution is 6.13. The zero-order chi connectivity index (χ0) is 9.42. The number of hydrogen-bond donors (Lipinski definition) is 1. The predicted octanol–water partition coefficient (Wildman–Crippen LogP) is -0.209. The summed E-state index contributed by atoms with van der Waals surface area (Å²) in [6.45, 7) is 0. The Balaban J connectivity index is 2.16. The van der Waals surface area contributed by atoms with Crippen LogP contribution in [0.3, 0.4) is 0 Å². The van der Waals surface area contributed by atoms with E-state index in [1.54, 1.807) is 0 Å². The van der Waals surface area contributed by atoms with Crippen LogP contribution in [-0.2, 0) is 9.59 Å². The van der Waals surface area contributed by atoms with Gasteiger partial charge in [0.25, 0.3) is 11.8 Å². The second-order valence-electron chi connectivity index (χ2n) is 3.54. The van der Waals surface area contributed by atoms with Gasteiger partial charge >= 0.3 is 0 Å². The van der Waals surface area contributed by atoms with Gasteiger partial charge in [0.2, 0.25) is 0 Å². The van der Waals surface area contributed by atoms with Crippen molar-refractivity contribution in [1.82, 2.24) is 4.90 Å². The molecule has 0 saturated heterocycles. The summed E-state index contributed by atoms with van der Waals surface area (Å²) in [5.74, 6) is -0.431. The lowest BCUT2D eigenvalue weighted by molar-refractivity contribution is -0.139. The van der Waals surface area contributed by atoms with E-state index in [0.29, 0.717) is 0 Å². The number of amides is 2. The molecule has 2 N–H and O–H groups in total.